The lowest BCUT2D eigenvalue weighted by molar-refractivity contribution is 0.260. The number of rotatable bonds is 3. The van der Waals surface area contributed by atoms with E-state index >= 15 is 0 Å². The Morgan fingerprint density at radius 3 is 2.67 bits per heavy atom. The summed E-state index contributed by atoms with van der Waals surface area (Å²) in [5, 5.41) is 16.2. The summed E-state index contributed by atoms with van der Waals surface area (Å²) < 4.78 is 26.7. The van der Waals surface area contributed by atoms with Crippen LogP contribution in [0.15, 0.2) is 21.5 Å². The fraction of sp³-hybridized carbons (Fsp3) is 0.450. The molecule has 1 aromatic heterocycles. The topological polar surface area (TPSA) is 121 Å². The van der Waals surface area contributed by atoms with E-state index in [4.69, 9.17) is 10.00 Å². The van der Waals surface area contributed by atoms with Crippen LogP contribution in [0.3, 0.4) is 0 Å². The Balaban J connectivity index is 1.53. The van der Waals surface area contributed by atoms with E-state index in [1.54, 1.807) is 10.9 Å². The van der Waals surface area contributed by atoms with Crippen molar-refractivity contribution in [1.29, 1.82) is 5.26 Å². The maximum Gasteiger partial charge on any atom is 0.355 e. The Bertz CT molecular complexity index is 1190. The third kappa shape index (κ3) is 2.92. The van der Waals surface area contributed by atoms with Crippen molar-refractivity contribution in [3.8, 4) is 12.1 Å². The molecular weight excluding hydrogens is 404 g/mol. The molecule has 0 saturated heterocycles. The number of carbonyl (C=O) groups excluding carboxylic acids is 1. The van der Waals surface area contributed by atoms with E-state index in [1.165, 1.54) is 17.3 Å². The van der Waals surface area contributed by atoms with E-state index in [1.807, 2.05) is 6.92 Å². The van der Waals surface area contributed by atoms with Crippen molar-refractivity contribution in [2.45, 2.75) is 56.4 Å². The van der Waals surface area contributed by atoms with Crippen molar-refractivity contribution in [2.75, 3.05) is 11.9 Å². The maximum absolute atomic E-state index is 13.5. The standard InChI is InChI=1S/C20H22N6O3S/c1-12-10-29-19-17(9-22-26(12)19)30(28,23-11-21)25-20(27)24-18-15-6-2-4-13(15)8-14-5-3-7-16(14)18/h8-9,12H,2-7,10H2,1H3,(H2,23,24,25,27,28). The summed E-state index contributed by atoms with van der Waals surface area (Å²) in [5.41, 5.74) is 5.68. The lowest BCUT2D eigenvalue weighted by atomic mass is 9.99. The summed E-state index contributed by atoms with van der Waals surface area (Å²) in [5.74, 6) is 0.272. The van der Waals surface area contributed by atoms with Gasteiger partial charge in [0.15, 0.2) is 21.0 Å². The average molecular weight is 427 g/mol. The van der Waals surface area contributed by atoms with Crippen molar-refractivity contribution >= 4 is 21.6 Å². The highest BCUT2D eigenvalue weighted by Crippen LogP contribution is 2.39. The lowest BCUT2D eigenvalue weighted by Crippen LogP contribution is -2.22. The van der Waals surface area contributed by atoms with E-state index < -0.39 is 15.9 Å². The Morgan fingerprint density at radius 1 is 1.30 bits per heavy atom. The molecule has 2 atom stereocenters. The van der Waals surface area contributed by atoms with Gasteiger partial charge in [-0.05, 0) is 67.7 Å². The molecule has 2 unspecified atom stereocenters. The first-order chi connectivity index (χ1) is 14.5. The van der Waals surface area contributed by atoms with Crippen LogP contribution in [0.2, 0.25) is 0 Å². The summed E-state index contributed by atoms with van der Waals surface area (Å²) in [6.45, 7) is 2.29. The SMILES string of the molecule is CC1COc2c(S(=O)(=NC(=O)Nc3c4c(cc5c3CCC5)CCC4)NC#N)cnn21. The van der Waals surface area contributed by atoms with E-state index in [-0.39, 0.29) is 16.8 Å². The van der Waals surface area contributed by atoms with E-state index in [9.17, 15) is 9.00 Å². The number of nitriles is 1. The highest BCUT2D eigenvalue weighted by Gasteiger charge is 2.31. The monoisotopic (exact) mass is 426 g/mol. The third-order valence-corrected chi connectivity index (χ3v) is 7.66. The fourth-order valence-corrected chi connectivity index (χ4v) is 5.88. The Labute approximate surface area is 174 Å². The number of carbonyl (C=O) groups is 1. The van der Waals surface area contributed by atoms with Gasteiger partial charge >= 0.3 is 6.03 Å². The minimum absolute atomic E-state index is 0.0252. The van der Waals surface area contributed by atoms with Gasteiger partial charge in [0.2, 0.25) is 5.88 Å². The minimum atomic E-state index is -3.58. The summed E-state index contributed by atoms with van der Waals surface area (Å²) in [4.78, 5) is 13.0. The van der Waals surface area contributed by atoms with Crippen molar-refractivity contribution in [3.05, 3.63) is 34.5 Å². The molecule has 5 rings (SSSR count). The zero-order chi connectivity index (χ0) is 20.9. The number of nitrogens with one attached hydrogen (secondary N) is 2. The quantitative estimate of drug-likeness (QED) is 0.577. The molecule has 1 aromatic carbocycles. The molecule has 10 heteroatoms. The smallest absolute Gasteiger partial charge is 0.355 e. The van der Waals surface area contributed by atoms with Crippen LogP contribution in [0.4, 0.5) is 10.5 Å². The number of benzene rings is 1. The molecule has 9 nitrogen and oxygen atoms in total. The molecular formula is C20H22N6O3S. The number of urea groups is 1. The van der Waals surface area contributed by atoms with Gasteiger partial charge < -0.3 is 10.1 Å². The predicted octanol–water partition coefficient (Wildman–Crippen LogP) is 2.86. The Kier molecular flexibility index (Phi) is 4.43. The van der Waals surface area contributed by atoms with Gasteiger partial charge in [0.1, 0.15) is 6.61 Å². The van der Waals surface area contributed by atoms with Crippen molar-refractivity contribution in [3.63, 3.8) is 0 Å². The minimum Gasteiger partial charge on any atom is -0.475 e. The van der Waals surface area contributed by atoms with Crippen molar-refractivity contribution in [2.24, 2.45) is 4.36 Å². The number of nitrogens with zero attached hydrogens (tertiary/aromatic N) is 4. The number of hydrogen-bond donors (Lipinski definition) is 2. The first kappa shape index (κ1) is 18.9. The molecule has 2 amide bonds. The normalized spacial score (nSPS) is 20.3. The van der Waals surface area contributed by atoms with Gasteiger partial charge in [0.25, 0.3) is 0 Å². The second kappa shape index (κ2) is 7.02. The van der Waals surface area contributed by atoms with Crippen LogP contribution < -0.4 is 14.8 Å². The molecule has 2 N–H and O–H groups in total. The zero-order valence-electron chi connectivity index (χ0n) is 16.6. The van der Waals surface area contributed by atoms with Crippen molar-refractivity contribution in [1.82, 2.24) is 14.5 Å². The number of amides is 2. The molecule has 0 spiro atoms. The molecule has 2 heterocycles. The molecule has 0 radical (unpaired) electrons. The summed E-state index contributed by atoms with van der Waals surface area (Å²) >= 11 is 0. The Morgan fingerprint density at radius 2 is 2.00 bits per heavy atom. The van der Waals surface area contributed by atoms with Gasteiger partial charge in [-0.15, -0.1) is 4.36 Å². The molecule has 0 fully saturated rings. The summed E-state index contributed by atoms with van der Waals surface area (Å²) in [6, 6.07) is 1.50. The van der Waals surface area contributed by atoms with Gasteiger partial charge in [-0.1, -0.05) is 6.07 Å². The Hall–Kier alpha value is -3.06. The van der Waals surface area contributed by atoms with Gasteiger partial charge in [0.05, 0.1) is 12.2 Å². The summed E-state index contributed by atoms with van der Waals surface area (Å²) in [7, 11) is -3.58. The number of ether oxygens (including phenoxy) is 1. The largest absolute Gasteiger partial charge is 0.475 e. The second-order valence-corrected chi connectivity index (χ2v) is 9.79. The van der Waals surface area contributed by atoms with Crippen LogP contribution in [-0.2, 0) is 35.6 Å². The van der Waals surface area contributed by atoms with E-state index in [0.717, 1.165) is 55.3 Å². The molecule has 0 bridgehead atoms. The van der Waals surface area contributed by atoms with E-state index in [2.05, 4.69) is 25.6 Å². The lowest BCUT2D eigenvalue weighted by Gasteiger charge is -2.15. The van der Waals surface area contributed by atoms with Gasteiger partial charge in [-0.2, -0.15) is 10.4 Å². The fourth-order valence-electron chi connectivity index (χ4n) is 4.65. The average Bonchev–Trinajstić information content (AvgIpc) is 3.46. The van der Waals surface area contributed by atoms with Crippen LogP contribution in [0.1, 0.15) is 48.1 Å². The number of aryl methyl sites for hydroxylation is 2. The highest BCUT2D eigenvalue weighted by atomic mass is 32.2. The summed E-state index contributed by atoms with van der Waals surface area (Å²) in [6.07, 6.45) is 8.95. The molecule has 2 aliphatic carbocycles. The maximum atomic E-state index is 13.5. The van der Waals surface area contributed by atoms with Gasteiger partial charge in [0, 0.05) is 5.69 Å². The van der Waals surface area contributed by atoms with Crippen LogP contribution in [0, 0.1) is 11.5 Å². The first-order valence-electron chi connectivity index (χ1n) is 10.1. The zero-order valence-corrected chi connectivity index (χ0v) is 17.4. The van der Waals surface area contributed by atoms with Gasteiger partial charge in [-0.25, -0.2) is 18.4 Å². The molecule has 3 aliphatic rings. The van der Waals surface area contributed by atoms with E-state index in [0.29, 0.717) is 6.61 Å². The second-order valence-electron chi connectivity index (χ2n) is 7.91. The number of fused-ring (bicyclic) bond motifs is 3. The third-order valence-electron chi connectivity index (χ3n) is 6.00. The highest BCUT2D eigenvalue weighted by molar-refractivity contribution is 7.92. The molecule has 30 heavy (non-hydrogen) atoms. The number of aromatic nitrogens is 2. The van der Waals surface area contributed by atoms with Gasteiger partial charge in [-0.3, -0.25) is 0 Å². The molecule has 1 aliphatic heterocycles. The molecule has 2 aromatic rings. The predicted molar refractivity (Wildman–Crippen MR) is 110 cm³/mol. The van der Waals surface area contributed by atoms with Crippen molar-refractivity contribution < 1.29 is 13.7 Å². The first-order valence-corrected chi connectivity index (χ1v) is 11.6. The van der Waals surface area contributed by atoms with Crippen LogP contribution in [-0.4, -0.2) is 26.6 Å². The van der Waals surface area contributed by atoms with Crippen LogP contribution in [0.25, 0.3) is 0 Å². The molecule has 0 saturated carbocycles. The number of hydrogen-bond acceptors (Lipinski definition) is 5. The van der Waals surface area contributed by atoms with Crippen LogP contribution >= 0.6 is 0 Å². The van der Waals surface area contributed by atoms with Crippen LogP contribution in [0.5, 0.6) is 5.88 Å². The molecule has 156 valence electrons. The number of anilines is 1.